The molecule has 25 heavy (non-hydrogen) atoms. The largest absolute Gasteiger partial charge is 0.304 e. The van der Waals surface area contributed by atoms with Crippen molar-refractivity contribution in [3.05, 3.63) is 101 Å². The number of carbonyl (C=O) groups excluding carboxylic acids is 1. The van der Waals surface area contributed by atoms with E-state index in [1.54, 1.807) is 0 Å². The van der Waals surface area contributed by atoms with Gasteiger partial charge >= 0.3 is 0 Å². The fourth-order valence-corrected chi connectivity index (χ4v) is 2.60. The summed E-state index contributed by atoms with van der Waals surface area (Å²) < 4.78 is 27.0. The van der Waals surface area contributed by atoms with Gasteiger partial charge in [-0.2, -0.15) is 0 Å². The third kappa shape index (κ3) is 4.10. The quantitative estimate of drug-likeness (QED) is 0.647. The first-order valence-corrected chi connectivity index (χ1v) is 7.91. The Hall–Kier alpha value is -3.01. The number of hydrogen-bond donors (Lipinski definition) is 0. The molecule has 0 radical (unpaired) electrons. The minimum Gasteiger partial charge on any atom is -0.304 e. The third-order valence-corrected chi connectivity index (χ3v) is 3.88. The van der Waals surface area contributed by atoms with Crippen LogP contribution in [0.2, 0.25) is 0 Å². The molecule has 3 aromatic rings. The lowest BCUT2D eigenvalue weighted by molar-refractivity contribution is 0.0984. The van der Waals surface area contributed by atoms with E-state index in [9.17, 15) is 13.6 Å². The van der Waals surface area contributed by atoms with Crippen molar-refractivity contribution >= 4 is 11.6 Å². The van der Waals surface area contributed by atoms with Crippen LogP contribution in [0.15, 0.2) is 72.8 Å². The zero-order valence-electron chi connectivity index (χ0n) is 13.7. The summed E-state index contributed by atoms with van der Waals surface area (Å²) in [5.74, 6) is -2.00. The van der Waals surface area contributed by atoms with Crippen molar-refractivity contribution in [3.8, 4) is 0 Å². The molecule has 0 saturated carbocycles. The summed E-state index contributed by atoms with van der Waals surface area (Å²) in [6.07, 6.45) is 0. The summed E-state index contributed by atoms with van der Waals surface area (Å²) in [6, 6.07) is 19.8. The van der Waals surface area contributed by atoms with E-state index in [0.29, 0.717) is 12.2 Å². The Morgan fingerprint density at radius 2 is 1.48 bits per heavy atom. The van der Waals surface area contributed by atoms with Crippen molar-refractivity contribution in [2.24, 2.45) is 0 Å². The van der Waals surface area contributed by atoms with Gasteiger partial charge in [-0.05, 0) is 36.8 Å². The highest BCUT2D eigenvalue weighted by Crippen LogP contribution is 2.22. The van der Waals surface area contributed by atoms with Crippen LogP contribution in [-0.2, 0) is 6.54 Å². The van der Waals surface area contributed by atoms with E-state index < -0.39 is 17.5 Å². The average Bonchev–Trinajstić information content (AvgIpc) is 2.60. The van der Waals surface area contributed by atoms with Crippen LogP contribution >= 0.6 is 0 Å². The first kappa shape index (κ1) is 16.8. The first-order chi connectivity index (χ1) is 12.0. The van der Waals surface area contributed by atoms with Crippen molar-refractivity contribution in [3.63, 3.8) is 0 Å². The number of aryl methyl sites for hydroxylation is 1. The lowest BCUT2D eigenvalue weighted by Crippen LogP contribution is -2.30. The smallest absolute Gasteiger partial charge is 0.258 e. The molecule has 0 fully saturated rings. The van der Waals surface area contributed by atoms with Gasteiger partial charge in [-0.15, -0.1) is 0 Å². The van der Waals surface area contributed by atoms with Crippen molar-refractivity contribution in [2.45, 2.75) is 13.5 Å². The summed E-state index contributed by atoms with van der Waals surface area (Å²) in [4.78, 5) is 14.4. The third-order valence-electron chi connectivity index (χ3n) is 3.88. The first-order valence-electron chi connectivity index (χ1n) is 7.91. The molecule has 0 atom stereocenters. The molecule has 3 aromatic carbocycles. The fraction of sp³-hybridized carbons (Fsp3) is 0.0952. The van der Waals surface area contributed by atoms with E-state index in [1.807, 2.05) is 61.5 Å². The number of rotatable bonds is 4. The maximum Gasteiger partial charge on any atom is 0.258 e. The summed E-state index contributed by atoms with van der Waals surface area (Å²) in [7, 11) is 0. The van der Waals surface area contributed by atoms with Gasteiger partial charge < -0.3 is 4.90 Å². The van der Waals surface area contributed by atoms with Crippen molar-refractivity contribution in [1.82, 2.24) is 0 Å². The number of anilines is 1. The predicted octanol–water partition coefficient (Wildman–Crippen LogP) is 5.12. The molecule has 0 aliphatic rings. The number of amides is 1. The molecular formula is C21H17F2NO. The van der Waals surface area contributed by atoms with Crippen molar-refractivity contribution in [2.75, 3.05) is 4.90 Å². The molecule has 0 bridgehead atoms. The van der Waals surface area contributed by atoms with Gasteiger partial charge in [-0.3, -0.25) is 4.79 Å². The van der Waals surface area contributed by atoms with Crippen LogP contribution in [0.4, 0.5) is 14.5 Å². The number of benzene rings is 3. The Morgan fingerprint density at radius 1 is 0.880 bits per heavy atom. The zero-order valence-corrected chi connectivity index (χ0v) is 13.7. The van der Waals surface area contributed by atoms with E-state index in [2.05, 4.69) is 0 Å². The number of carbonyl (C=O) groups is 1. The lowest BCUT2D eigenvalue weighted by Gasteiger charge is -2.23. The minimum absolute atomic E-state index is 0.0194. The van der Waals surface area contributed by atoms with Crippen LogP contribution in [0.5, 0.6) is 0 Å². The molecule has 0 heterocycles. The summed E-state index contributed by atoms with van der Waals surface area (Å²) >= 11 is 0. The van der Waals surface area contributed by atoms with Crippen LogP contribution in [0.3, 0.4) is 0 Å². The second-order valence-electron chi connectivity index (χ2n) is 5.87. The Bertz CT molecular complexity index is 856. The SMILES string of the molecule is Cc1ccc(N(Cc2ccccc2)C(=O)c2cc(F)cc(F)c2)cc1. The highest BCUT2D eigenvalue weighted by molar-refractivity contribution is 6.06. The van der Waals surface area contributed by atoms with E-state index in [4.69, 9.17) is 0 Å². The molecule has 4 heteroatoms. The minimum atomic E-state index is -0.771. The Labute approximate surface area is 145 Å². The summed E-state index contributed by atoms with van der Waals surface area (Å²) in [6.45, 7) is 2.26. The molecule has 0 N–H and O–H groups in total. The van der Waals surface area contributed by atoms with Gasteiger partial charge in [0.05, 0.1) is 6.54 Å². The molecule has 0 aliphatic heterocycles. The molecule has 0 saturated heterocycles. The Balaban J connectivity index is 2.00. The standard InChI is InChI=1S/C21H17F2NO/c1-15-7-9-20(10-8-15)24(14-16-5-3-2-4-6-16)21(25)17-11-18(22)13-19(23)12-17/h2-13H,14H2,1H3. The molecular weight excluding hydrogens is 320 g/mol. The van der Waals surface area contributed by atoms with E-state index in [0.717, 1.165) is 29.3 Å². The van der Waals surface area contributed by atoms with Crippen LogP contribution in [0.1, 0.15) is 21.5 Å². The topological polar surface area (TPSA) is 20.3 Å². The zero-order chi connectivity index (χ0) is 17.8. The van der Waals surface area contributed by atoms with Gasteiger partial charge in [-0.25, -0.2) is 8.78 Å². The second kappa shape index (κ2) is 7.26. The van der Waals surface area contributed by atoms with Gasteiger partial charge in [0.2, 0.25) is 0 Å². The van der Waals surface area contributed by atoms with Crippen LogP contribution in [-0.4, -0.2) is 5.91 Å². The molecule has 3 rings (SSSR count). The van der Waals surface area contributed by atoms with Crippen molar-refractivity contribution < 1.29 is 13.6 Å². The monoisotopic (exact) mass is 337 g/mol. The maximum atomic E-state index is 13.5. The molecule has 126 valence electrons. The highest BCUT2D eigenvalue weighted by Gasteiger charge is 2.19. The molecule has 0 aromatic heterocycles. The Kier molecular flexibility index (Phi) is 4.89. The van der Waals surface area contributed by atoms with Gasteiger partial charge in [-0.1, -0.05) is 48.0 Å². The Morgan fingerprint density at radius 3 is 2.08 bits per heavy atom. The van der Waals surface area contributed by atoms with Crippen molar-refractivity contribution in [1.29, 1.82) is 0 Å². The van der Waals surface area contributed by atoms with Gasteiger partial charge in [0.25, 0.3) is 5.91 Å². The molecule has 0 unspecified atom stereocenters. The number of hydrogen-bond acceptors (Lipinski definition) is 1. The number of halogens is 2. The van der Waals surface area contributed by atoms with Crippen LogP contribution in [0.25, 0.3) is 0 Å². The normalized spacial score (nSPS) is 10.5. The molecule has 2 nitrogen and oxygen atoms in total. The predicted molar refractivity (Wildman–Crippen MR) is 94.5 cm³/mol. The second-order valence-corrected chi connectivity index (χ2v) is 5.87. The average molecular weight is 337 g/mol. The molecule has 1 amide bonds. The maximum absolute atomic E-state index is 13.5. The summed E-state index contributed by atoms with van der Waals surface area (Å²) in [5.41, 5.74) is 2.64. The highest BCUT2D eigenvalue weighted by atomic mass is 19.1. The van der Waals surface area contributed by atoms with E-state index >= 15 is 0 Å². The fourth-order valence-electron chi connectivity index (χ4n) is 2.60. The van der Waals surface area contributed by atoms with Crippen LogP contribution in [0, 0.1) is 18.6 Å². The summed E-state index contributed by atoms with van der Waals surface area (Å²) in [5, 5.41) is 0. The van der Waals surface area contributed by atoms with Gasteiger partial charge in [0.15, 0.2) is 0 Å². The molecule has 0 aliphatic carbocycles. The van der Waals surface area contributed by atoms with Gasteiger partial charge in [0, 0.05) is 17.3 Å². The van der Waals surface area contributed by atoms with Crippen LogP contribution < -0.4 is 4.90 Å². The van der Waals surface area contributed by atoms with E-state index in [1.165, 1.54) is 4.90 Å². The lowest BCUT2D eigenvalue weighted by atomic mass is 10.1. The van der Waals surface area contributed by atoms with E-state index in [-0.39, 0.29) is 5.56 Å². The molecule has 0 spiro atoms. The number of nitrogens with zero attached hydrogens (tertiary/aromatic N) is 1. The van der Waals surface area contributed by atoms with Gasteiger partial charge in [0.1, 0.15) is 11.6 Å².